The standard InChI is InChI=1S/C14H20BrNO2/c1-10-13(6-7-18-10)16(2)9-11-8-12(15)4-5-14(11)17-3/h4-5,8,10,13H,6-7,9H2,1-3H3. The van der Waals surface area contributed by atoms with Gasteiger partial charge in [0.05, 0.1) is 13.2 Å². The lowest BCUT2D eigenvalue weighted by molar-refractivity contribution is 0.0811. The van der Waals surface area contributed by atoms with Gasteiger partial charge in [-0.25, -0.2) is 0 Å². The lowest BCUT2D eigenvalue weighted by Gasteiger charge is -2.27. The quantitative estimate of drug-likeness (QED) is 0.852. The SMILES string of the molecule is COc1ccc(Br)cc1CN(C)C1CCOC1C. The number of nitrogens with zero attached hydrogens (tertiary/aromatic N) is 1. The third-order valence-electron chi connectivity index (χ3n) is 3.56. The minimum absolute atomic E-state index is 0.313. The van der Waals surface area contributed by atoms with Crippen molar-refractivity contribution in [2.24, 2.45) is 0 Å². The topological polar surface area (TPSA) is 21.7 Å². The first kappa shape index (κ1) is 13.8. The van der Waals surface area contributed by atoms with Crippen LogP contribution in [0.25, 0.3) is 0 Å². The summed E-state index contributed by atoms with van der Waals surface area (Å²) in [5, 5.41) is 0. The van der Waals surface area contributed by atoms with E-state index in [9.17, 15) is 0 Å². The summed E-state index contributed by atoms with van der Waals surface area (Å²) in [7, 11) is 3.87. The van der Waals surface area contributed by atoms with Gasteiger partial charge in [-0.05, 0) is 38.6 Å². The van der Waals surface area contributed by atoms with E-state index in [0.717, 1.165) is 29.8 Å². The molecule has 0 amide bonds. The van der Waals surface area contributed by atoms with E-state index in [1.807, 2.05) is 12.1 Å². The Bertz CT molecular complexity index is 411. The van der Waals surface area contributed by atoms with E-state index < -0.39 is 0 Å². The Hall–Kier alpha value is -0.580. The van der Waals surface area contributed by atoms with Gasteiger partial charge in [0, 0.05) is 29.2 Å². The number of ether oxygens (including phenoxy) is 2. The Morgan fingerprint density at radius 2 is 2.28 bits per heavy atom. The molecule has 0 aromatic heterocycles. The van der Waals surface area contributed by atoms with Crippen LogP contribution in [0.15, 0.2) is 22.7 Å². The van der Waals surface area contributed by atoms with Crippen molar-refractivity contribution in [2.45, 2.75) is 32.0 Å². The molecular weight excluding hydrogens is 294 g/mol. The number of rotatable bonds is 4. The predicted molar refractivity (Wildman–Crippen MR) is 76.0 cm³/mol. The average Bonchev–Trinajstić information content (AvgIpc) is 2.76. The molecule has 1 aliphatic rings. The largest absolute Gasteiger partial charge is 0.496 e. The molecule has 1 aromatic rings. The summed E-state index contributed by atoms with van der Waals surface area (Å²) >= 11 is 3.51. The Morgan fingerprint density at radius 1 is 1.50 bits per heavy atom. The van der Waals surface area contributed by atoms with Crippen LogP contribution in [-0.2, 0) is 11.3 Å². The maximum atomic E-state index is 5.62. The number of methoxy groups -OCH3 is 1. The number of halogens is 1. The van der Waals surface area contributed by atoms with Gasteiger partial charge < -0.3 is 9.47 Å². The van der Waals surface area contributed by atoms with Crippen LogP contribution in [0.1, 0.15) is 18.9 Å². The van der Waals surface area contributed by atoms with Gasteiger partial charge in [0.2, 0.25) is 0 Å². The normalized spacial score (nSPS) is 23.6. The maximum absolute atomic E-state index is 5.62. The molecule has 1 fully saturated rings. The second kappa shape index (κ2) is 6.04. The summed E-state index contributed by atoms with van der Waals surface area (Å²) in [6.07, 6.45) is 1.42. The molecule has 0 aliphatic carbocycles. The fourth-order valence-electron chi connectivity index (χ4n) is 2.56. The molecule has 1 saturated heterocycles. The van der Waals surface area contributed by atoms with Gasteiger partial charge in [-0.1, -0.05) is 15.9 Å². The molecular formula is C14H20BrNO2. The molecule has 100 valence electrons. The molecule has 0 bridgehead atoms. The highest BCUT2D eigenvalue weighted by Crippen LogP contribution is 2.26. The molecule has 2 atom stereocenters. The lowest BCUT2D eigenvalue weighted by atomic mass is 10.1. The number of hydrogen-bond acceptors (Lipinski definition) is 3. The summed E-state index contributed by atoms with van der Waals surface area (Å²) in [5.41, 5.74) is 1.20. The molecule has 4 heteroatoms. The van der Waals surface area contributed by atoms with Crippen LogP contribution < -0.4 is 4.74 Å². The van der Waals surface area contributed by atoms with Crippen molar-refractivity contribution in [1.29, 1.82) is 0 Å². The molecule has 2 unspecified atom stereocenters. The molecule has 0 radical (unpaired) electrons. The highest BCUT2D eigenvalue weighted by atomic mass is 79.9. The molecule has 18 heavy (non-hydrogen) atoms. The first-order valence-corrected chi connectivity index (χ1v) is 7.05. The van der Waals surface area contributed by atoms with E-state index in [0.29, 0.717) is 12.1 Å². The van der Waals surface area contributed by atoms with E-state index in [1.165, 1.54) is 5.56 Å². The highest BCUT2D eigenvalue weighted by molar-refractivity contribution is 9.10. The Morgan fingerprint density at radius 3 is 2.89 bits per heavy atom. The second-order valence-electron chi connectivity index (χ2n) is 4.80. The number of hydrogen-bond donors (Lipinski definition) is 0. The third kappa shape index (κ3) is 3.05. The lowest BCUT2D eigenvalue weighted by Crippen LogP contribution is -2.36. The van der Waals surface area contributed by atoms with Crippen molar-refractivity contribution < 1.29 is 9.47 Å². The van der Waals surface area contributed by atoms with E-state index in [-0.39, 0.29) is 0 Å². The van der Waals surface area contributed by atoms with Gasteiger partial charge in [0.15, 0.2) is 0 Å². The molecule has 1 aromatic carbocycles. The van der Waals surface area contributed by atoms with Crippen LogP contribution >= 0.6 is 15.9 Å². The smallest absolute Gasteiger partial charge is 0.123 e. The minimum atomic E-state index is 0.313. The number of likely N-dealkylation sites (N-methyl/N-ethyl adjacent to an activating group) is 1. The van der Waals surface area contributed by atoms with Crippen LogP contribution in [0.4, 0.5) is 0 Å². The molecule has 1 heterocycles. The molecule has 0 N–H and O–H groups in total. The van der Waals surface area contributed by atoms with Crippen LogP contribution in [0.3, 0.4) is 0 Å². The highest BCUT2D eigenvalue weighted by Gasteiger charge is 2.28. The van der Waals surface area contributed by atoms with Crippen molar-refractivity contribution in [1.82, 2.24) is 4.90 Å². The zero-order chi connectivity index (χ0) is 13.1. The van der Waals surface area contributed by atoms with Crippen LogP contribution in [0.5, 0.6) is 5.75 Å². The van der Waals surface area contributed by atoms with E-state index in [2.05, 4.69) is 40.9 Å². The molecule has 2 rings (SSSR count). The Kier molecular flexibility index (Phi) is 4.65. The van der Waals surface area contributed by atoms with Crippen LogP contribution in [0.2, 0.25) is 0 Å². The van der Waals surface area contributed by atoms with E-state index in [4.69, 9.17) is 9.47 Å². The minimum Gasteiger partial charge on any atom is -0.496 e. The summed E-state index contributed by atoms with van der Waals surface area (Å²) < 4.78 is 12.1. The fourth-order valence-corrected chi connectivity index (χ4v) is 2.96. The van der Waals surface area contributed by atoms with E-state index in [1.54, 1.807) is 7.11 Å². The van der Waals surface area contributed by atoms with Crippen LogP contribution in [0, 0.1) is 0 Å². The zero-order valence-electron chi connectivity index (χ0n) is 11.1. The van der Waals surface area contributed by atoms with Crippen molar-refractivity contribution in [3.05, 3.63) is 28.2 Å². The van der Waals surface area contributed by atoms with Gasteiger partial charge >= 0.3 is 0 Å². The monoisotopic (exact) mass is 313 g/mol. The Labute approximate surface area is 117 Å². The summed E-state index contributed by atoms with van der Waals surface area (Å²) in [5.74, 6) is 0.941. The van der Waals surface area contributed by atoms with E-state index >= 15 is 0 Å². The molecule has 0 spiro atoms. The van der Waals surface area contributed by atoms with Crippen LogP contribution in [-0.4, -0.2) is 37.8 Å². The van der Waals surface area contributed by atoms with Gasteiger partial charge in [0.1, 0.15) is 5.75 Å². The molecule has 0 saturated carbocycles. The zero-order valence-corrected chi connectivity index (χ0v) is 12.7. The predicted octanol–water partition coefficient (Wildman–Crippen LogP) is 3.07. The Balaban J connectivity index is 2.10. The second-order valence-corrected chi connectivity index (χ2v) is 5.72. The van der Waals surface area contributed by atoms with Crippen molar-refractivity contribution in [2.75, 3.05) is 20.8 Å². The first-order chi connectivity index (χ1) is 8.61. The fraction of sp³-hybridized carbons (Fsp3) is 0.571. The molecule has 1 aliphatic heterocycles. The third-order valence-corrected chi connectivity index (χ3v) is 4.06. The first-order valence-electron chi connectivity index (χ1n) is 6.26. The van der Waals surface area contributed by atoms with Crippen molar-refractivity contribution in [3.63, 3.8) is 0 Å². The summed E-state index contributed by atoms with van der Waals surface area (Å²) in [6.45, 7) is 3.89. The summed E-state index contributed by atoms with van der Waals surface area (Å²) in [4.78, 5) is 2.35. The van der Waals surface area contributed by atoms with Gasteiger partial charge in [-0.15, -0.1) is 0 Å². The maximum Gasteiger partial charge on any atom is 0.123 e. The molecule has 3 nitrogen and oxygen atoms in total. The average molecular weight is 314 g/mol. The van der Waals surface area contributed by atoms with Gasteiger partial charge in [-0.3, -0.25) is 4.90 Å². The number of benzene rings is 1. The van der Waals surface area contributed by atoms with Crippen molar-refractivity contribution in [3.8, 4) is 5.75 Å². The van der Waals surface area contributed by atoms with Crippen molar-refractivity contribution >= 4 is 15.9 Å². The van der Waals surface area contributed by atoms with Gasteiger partial charge in [-0.2, -0.15) is 0 Å². The van der Waals surface area contributed by atoms with Gasteiger partial charge in [0.25, 0.3) is 0 Å². The summed E-state index contributed by atoms with van der Waals surface area (Å²) in [6, 6.07) is 6.62.